The van der Waals surface area contributed by atoms with E-state index in [1.54, 1.807) is 42.6 Å². The van der Waals surface area contributed by atoms with Gasteiger partial charge >= 0.3 is 6.03 Å². The van der Waals surface area contributed by atoms with Crippen LogP contribution in [0.15, 0.2) is 53.7 Å². The zero-order chi connectivity index (χ0) is 20.3. The van der Waals surface area contributed by atoms with E-state index in [1.807, 2.05) is 4.90 Å². The third kappa shape index (κ3) is 4.34. The second kappa shape index (κ2) is 8.12. The van der Waals surface area contributed by atoms with E-state index in [9.17, 15) is 13.2 Å². The molecule has 0 radical (unpaired) electrons. The molecule has 3 heterocycles. The first kappa shape index (κ1) is 19.3. The summed E-state index contributed by atoms with van der Waals surface area (Å²) in [4.78, 5) is 21.4. The molecule has 3 aromatic rings. The van der Waals surface area contributed by atoms with Crippen LogP contribution in [0.5, 0.6) is 0 Å². The molecule has 0 atom stereocenters. The number of fused-ring (bicyclic) bond motifs is 1. The van der Waals surface area contributed by atoms with Crippen molar-refractivity contribution in [1.29, 1.82) is 0 Å². The molecule has 3 N–H and O–H groups in total. The summed E-state index contributed by atoms with van der Waals surface area (Å²) in [6.45, 7) is 1.53. The molecule has 1 saturated heterocycles. The van der Waals surface area contributed by atoms with E-state index >= 15 is 0 Å². The Bertz CT molecular complexity index is 1100. The van der Waals surface area contributed by atoms with Crippen LogP contribution in [-0.2, 0) is 10.0 Å². The first-order valence-electron chi connectivity index (χ1n) is 9.64. The molecule has 2 amide bonds. The lowest BCUT2D eigenvalue weighted by Gasteiger charge is -2.20. The van der Waals surface area contributed by atoms with E-state index in [0.717, 1.165) is 38.8 Å². The number of aromatic nitrogens is 2. The monoisotopic (exact) mass is 413 g/mol. The summed E-state index contributed by atoms with van der Waals surface area (Å²) in [5.41, 5.74) is 1.55. The fourth-order valence-electron chi connectivity index (χ4n) is 3.46. The number of aromatic amines is 1. The molecule has 1 aliphatic rings. The number of pyridine rings is 1. The van der Waals surface area contributed by atoms with Gasteiger partial charge in [-0.05, 0) is 49.2 Å². The molecule has 9 heteroatoms. The molecular formula is C20H23N5O3S. The zero-order valence-electron chi connectivity index (χ0n) is 15.9. The summed E-state index contributed by atoms with van der Waals surface area (Å²) in [6, 6.07) is 9.90. The van der Waals surface area contributed by atoms with Gasteiger partial charge in [0.25, 0.3) is 10.0 Å². The van der Waals surface area contributed by atoms with Crippen molar-refractivity contribution in [2.24, 2.45) is 0 Å². The van der Waals surface area contributed by atoms with Gasteiger partial charge in [0.15, 0.2) is 0 Å². The molecule has 0 bridgehead atoms. The van der Waals surface area contributed by atoms with Crippen molar-refractivity contribution in [3.63, 3.8) is 0 Å². The normalized spacial score (nSPS) is 15.1. The Labute approximate surface area is 169 Å². The minimum atomic E-state index is -3.77. The maximum atomic E-state index is 12.7. The molecule has 29 heavy (non-hydrogen) atoms. The van der Waals surface area contributed by atoms with Crippen molar-refractivity contribution in [2.75, 3.05) is 23.1 Å². The lowest BCUT2D eigenvalue weighted by atomic mass is 10.2. The number of nitrogens with zero attached hydrogens (tertiary/aromatic N) is 2. The first-order chi connectivity index (χ1) is 14.0. The molecule has 152 valence electrons. The number of anilines is 2. The van der Waals surface area contributed by atoms with Gasteiger partial charge < -0.3 is 15.2 Å². The van der Waals surface area contributed by atoms with Crippen molar-refractivity contribution in [3.8, 4) is 0 Å². The topological polar surface area (TPSA) is 107 Å². The lowest BCUT2D eigenvalue weighted by molar-refractivity contribution is 0.214. The second-order valence-electron chi connectivity index (χ2n) is 7.07. The maximum Gasteiger partial charge on any atom is 0.321 e. The number of hydrogen-bond donors (Lipinski definition) is 3. The summed E-state index contributed by atoms with van der Waals surface area (Å²) in [5, 5.41) is 3.41. The summed E-state index contributed by atoms with van der Waals surface area (Å²) < 4.78 is 28.1. The zero-order valence-corrected chi connectivity index (χ0v) is 16.7. The first-order valence-corrected chi connectivity index (χ1v) is 11.1. The van der Waals surface area contributed by atoms with Gasteiger partial charge in [0, 0.05) is 42.2 Å². The minimum absolute atomic E-state index is 0.119. The predicted molar refractivity (Wildman–Crippen MR) is 112 cm³/mol. The van der Waals surface area contributed by atoms with Gasteiger partial charge in [0.1, 0.15) is 10.5 Å². The summed E-state index contributed by atoms with van der Waals surface area (Å²) in [6.07, 6.45) is 7.39. The van der Waals surface area contributed by atoms with Crippen LogP contribution in [-0.4, -0.2) is 42.4 Å². The fourth-order valence-corrected chi connectivity index (χ4v) is 4.69. The van der Waals surface area contributed by atoms with Gasteiger partial charge in [-0.25, -0.2) is 18.2 Å². The van der Waals surface area contributed by atoms with E-state index < -0.39 is 10.0 Å². The van der Waals surface area contributed by atoms with E-state index in [0.29, 0.717) is 22.4 Å². The van der Waals surface area contributed by atoms with Crippen molar-refractivity contribution < 1.29 is 13.2 Å². The van der Waals surface area contributed by atoms with Gasteiger partial charge in [0.2, 0.25) is 0 Å². The van der Waals surface area contributed by atoms with Crippen LogP contribution in [0.1, 0.15) is 25.7 Å². The van der Waals surface area contributed by atoms with Crippen LogP contribution in [0.25, 0.3) is 11.0 Å². The number of likely N-dealkylation sites (tertiary alicyclic amines) is 1. The van der Waals surface area contributed by atoms with Gasteiger partial charge in [0.05, 0.1) is 0 Å². The number of urea groups is 1. The highest BCUT2D eigenvalue weighted by Crippen LogP contribution is 2.24. The highest BCUT2D eigenvalue weighted by Gasteiger charge is 2.20. The largest absolute Gasteiger partial charge is 0.345 e. The van der Waals surface area contributed by atoms with Crippen LogP contribution >= 0.6 is 0 Å². The second-order valence-corrected chi connectivity index (χ2v) is 8.72. The quantitative estimate of drug-likeness (QED) is 0.605. The molecule has 1 aromatic carbocycles. The van der Waals surface area contributed by atoms with Crippen molar-refractivity contribution in [3.05, 3.63) is 48.8 Å². The Morgan fingerprint density at radius 2 is 1.69 bits per heavy atom. The third-order valence-electron chi connectivity index (χ3n) is 4.98. The number of benzene rings is 1. The fraction of sp³-hybridized carbons (Fsp3) is 0.300. The molecule has 0 unspecified atom stereocenters. The number of carbonyl (C=O) groups is 1. The summed E-state index contributed by atoms with van der Waals surface area (Å²) in [5.74, 6) is 0. The van der Waals surface area contributed by atoms with Crippen molar-refractivity contribution >= 4 is 38.5 Å². The predicted octanol–water partition coefficient (Wildman–Crippen LogP) is 3.77. The van der Waals surface area contributed by atoms with E-state index in [-0.39, 0.29) is 10.9 Å². The summed E-state index contributed by atoms with van der Waals surface area (Å²) >= 11 is 0. The van der Waals surface area contributed by atoms with E-state index in [2.05, 4.69) is 20.0 Å². The third-order valence-corrected chi connectivity index (χ3v) is 6.41. The molecule has 2 aromatic heterocycles. The number of rotatable bonds is 4. The Balaban J connectivity index is 1.44. The SMILES string of the molecule is O=C(Nc1ccc(NS(=O)(=O)c2c[nH]c3ncccc23)cc1)N1CCCCCC1. The number of amides is 2. The standard InChI is InChI=1S/C20H23N5O3S/c26-20(25-12-3-1-2-4-13-25)23-15-7-9-16(10-8-15)24-29(27,28)18-14-22-19-17(18)6-5-11-21-19/h5-11,14,24H,1-4,12-13H2,(H,21,22)(H,23,26). The van der Waals surface area contributed by atoms with Crippen LogP contribution in [0.2, 0.25) is 0 Å². The highest BCUT2D eigenvalue weighted by molar-refractivity contribution is 7.93. The Morgan fingerprint density at radius 3 is 2.41 bits per heavy atom. The highest BCUT2D eigenvalue weighted by atomic mass is 32.2. The number of carbonyl (C=O) groups excluding carboxylic acids is 1. The molecule has 1 aliphatic heterocycles. The number of sulfonamides is 1. The molecule has 4 rings (SSSR count). The average Bonchev–Trinajstić information content (AvgIpc) is 2.96. The van der Waals surface area contributed by atoms with Gasteiger partial charge in [-0.15, -0.1) is 0 Å². The van der Waals surface area contributed by atoms with Crippen molar-refractivity contribution in [2.45, 2.75) is 30.6 Å². The number of H-pyrrole nitrogens is 1. The molecular weight excluding hydrogens is 390 g/mol. The van der Waals surface area contributed by atoms with Crippen LogP contribution in [0.3, 0.4) is 0 Å². The molecule has 8 nitrogen and oxygen atoms in total. The average molecular weight is 414 g/mol. The Kier molecular flexibility index (Phi) is 5.39. The molecule has 0 spiro atoms. The maximum absolute atomic E-state index is 12.7. The van der Waals surface area contributed by atoms with Gasteiger partial charge in [-0.2, -0.15) is 0 Å². The number of nitrogens with one attached hydrogen (secondary N) is 3. The summed E-state index contributed by atoms with van der Waals surface area (Å²) in [7, 11) is -3.77. The molecule has 1 fully saturated rings. The van der Waals surface area contributed by atoms with Crippen LogP contribution in [0, 0.1) is 0 Å². The smallest absolute Gasteiger partial charge is 0.321 e. The molecule has 0 aliphatic carbocycles. The van der Waals surface area contributed by atoms with E-state index in [4.69, 9.17) is 0 Å². The van der Waals surface area contributed by atoms with Gasteiger partial charge in [-0.3, -0.25) is 4.72 Å². The van der Waals surface area contributed by atoms with Gasteiger partial charge in [-0.1, -0.05) is 12.8 Å². The van der Waals surface area contributed by atoms with Crippen LogP contribution < -0.4 is 10.0 Å². The number of hydrogen-bond acceptors (Lipinski definition) is 4. The Hall–Kier alpha value is -3.07. The Morgan fingerprint density at radius 1 is 1.00 bits per heavy atom. The minimum Gasteiger partial charge on any atom is -0.345 e. The molecule has 0 saturated carbocycles. The van der Waals surface area contributed by atoms with Crippen LogP contribution in [0.4, 0.5) is 16.2 Å². The van der Waals surface area contributed by atoms with Crippen molar-refractivity contribution in [1.82, 2.24) is 14.9 Å². The lowest BCUT2D eigenvalue weighted by Crippen LogP contribution is -2.35. The van der Waals surface area contributed by atoms with E-state index in [1.165, 1.54) is 6.20 Å².